The Kier molecular flexibility index (Phi) is 4.02. The molecule has 20 heavy (non-hydrogen) atoms. The molecule has 1 saturated heterocycles. The quantitative estimate of drug-likeness (QED) is 0.838. The van der Waals surface area contributed by atoms with E-state index in [9.17, 15) is 13.2 Å². The normalized spacial score (nSPS) is 17.6. The Morgan fingerprint density at radius 3 is 2.50 bits per heavy atom. The maximum absolute atomic E-state index is 12.5. The van der Waals surface area contributed by atoms with Gasteiger partial charge >= 0.3 is 6.18 Å². The molecular formula is C13H15F3N4. The van der Waals surface area contributed by atoms with E-state index in [1.54, 1.807) is 13.1 Å². The number of likely N-dealkylation sites (tertiary alicyclic amines) is 1. The van der Waals surface area contributed by atoms with Crippen LogP contribution in [0.3, 0.4) is 0 Å². The van der Waals surface area contributed by atoms with Crippen molar-refractivity contribution in [1.82, 2.24) is 14.7 Å². The highest BCUT2D eigenvalue weighted by atomic mass is 19.4. The number of aryl methyl sites for hydroxylation is 1. The van der Waals surface area contributed by atoms with Crippen molar-refractivity contribution in [1.29, 1.82) is 5.26 Å². The Hall–Kier alpha value is -1.97. The Balaban J connectivity index is 2.02. The van der Waals surface area contributed by atoms with Gasteiger partial charge in [-0.2, -0.15) is 23.5 Å². The standard InChI is InChI=1S/C13H15F3N4/c1-10-8-12(13(14,15)16)18-20(10)7-6-19-4-2-11(9-17)3-5-19/h6-8,11H,2-5H2,1H3. The van der Waals surface area contributed by atoms with Crippen molar-refractivity contribution in [2.45, 2.75) is 25.9 Å². The van der Waals surface area contributed by atoms with Gasteiger partial charge < -0.3 is 4.90 Å². The van der Waals surface area contributed by atoms with Gasteiger partial charge in [-0.25, -0.2) is 4.68 Å². The summed E-state index contributed by atoms with van der Waals surface area (Å²) in [7, 11) is 0. The molecule has 1 aromatic heterocycles. The molecule has 108 valence electrons. The van der Waals surface area contributed by atoms with Crippen LogP contribution < -0.4 is 0 Å². The molecule has 2 heterocycles. The van der Waals surface area contributed by atoms with Crippen LogP contribution in [0.5, 0.6) is 0 Å². The first-order valence-electron chi connectivity index (χ1n) is 6.35. The van der Waals surface area contributed by atoms with Gasteiger partial charge in [-0.05, 0) is 25.8 Å². The maximum atomic E-state index is 12.5. The Bertz CT molecular complexity index is 531. The van der Waals surface area contributed by atoms with Crippen LogP contribution in [0.15, 0.2) is 12.3 Å². The summed E-state index contributed by atoms with van der Waals surface area (Å²) in [5.74, 6) is 0.0860. The van der Waals surface area contributed by atoms with Crippen molar-refractivity contribution in [2.24, 2.45) is 5.92 Å². The molecule has 2 rings (SSSR count). The fourth-order valence-corrected chi connectivity index (χ4v) is 2.11. The molecule has 7 heteroatoms. The van der Waals surface area contributed by atoms with Crippen molar-refractivity contribution < 1.29 is 13.2 Å². The SMILES string of the molecule is Cc1cc(C(F)(F)F)nn1C=CN1CCC(C#N)CC1. The Labute approximate surface area is 115 Å². The summed E-state index contributed by atoms with van der Waals surface area (Å²) in [4.78, 5) is 1.99. The molecule has 0 spiro atoms. The average molecular weight is 284 g/mol. The maximum Gasteiger partial charge on any atom is 0.435 e. The highest BCUT2D eigenvalue weighted by Gasteiger charge is 2.34. The van der Waals surface area contributed by atoms with Gasteiger partial charge in [0, 0.05) is 37.1 Å². The number of piperidine rings is 1. The highest BCUT2D eigenvalue weighted by molar-refractivity contribution is 5.26. The van der Waals surface area contributed by atoms with Gasteiger partial charge in [0.1, 0.15) is 0 Å². The van der Waals surface area contributed by atoms with E-state index in [1.807, 2.05) is 4.90 Å². The number of aromatic nitrogens is 2. The predicted octanol–water partition coefficient (Wildman–Crippen LogP) is 2.87. The van der Waals surface area contributed by atoms with E-state index in [0.717, 1.165) is 32.0 Å². The van der Waals surface area contributed by atoms with Gasteiger partial charge in [0.25, 0.3) is 0 Å². The molecule has 0 amide bonds. The molecule has 0 aromatic carbocycles. The fraction of sp³-hybridized carbons (Fsp3) is 0.538. The van der Waals surface area contributed by atoms with E-state index in [1.165, 1.54) is 10.9 Å². The minimum atomic E-state index is -4.42. The summed E-state index contributed by atoms with van der Waals surface area (Å²) in [6.07, 6.45) is 0.402. The number of hydrogen-bond donors (Lipinski definition) is 0. The summed E-state index contributed by atoms with van der Waals surface area (Å²) in [5.41, 5.74) is -0.455. The molecule has 0 bridgehead atoms. The van der Waals surface area contributed by atoms with E-state index >= 15 is 0 Å². The van der Waals surface area contributed by atoms with Gasteiger partial charge in [-0.15, -0.1) is 0 Å². The van der Waals surface area contributed by atoms with Gasteiger partial charge in [-0.1, -0.05) is 0 Å². The first-order valence-corrected chi connectivity index (χ1v) is 6.35. The molecule has 0 atom stereocenters. The topological polar surface area (TPSA) is 44.9 Å². The minimum Gasteiger partial charge on any atom is -0.376 e. The van der Waals surface area contributed by atoms with Crippen molar-refractivity contribution in [2.75, 3.05) is 13.1 Å². The lowest BCUT2D eigenvalue weighted by molar-refractivity contribution is -0.141. The first kappa shape index (κ1) is 14.4. The number of hydrogen-bond acceptors (Lipinski definition) is 3. The van der Waals surface area contributed by atoms with Crippen LogP contribution in [0, 0.1) is 24.2 Å². The van der Waals surface area contributed by atoms with E-state index in [2.05, 4.69) is 11.2 Å². The number of halogens is 3. The molecule has 0 radical (unpaired) electrons. The summed E-state index contributed by atoms with van der Waals surface area (Å²) in [5, 5.41) is 12.3. The van der Waals surface area contributed by atoms with Crippen LogP contribution >= 0.6 is 0 Å². The summed E-state index contributed by atoms with van der Waals surface area (Å²) >= 11 is 0. The van der Waals surface area contributed by atoms with Gasteiger partial charge in [-0.3, -0.25) is 0 Å². The summed E-state index contributed by atoms with van der Waals surface area (Å²) in [6, 6.07) is 3.25. The van der Waals surface area contributed by atoms with Crippen LogP contribution in [0.1, 0.15) is 24.2 Å². The number of alkyl halides is 3. The lowest BCUT2D eigenvalue weighted by atomic mass is 9.99. The molecule has 1 fully saturated rings. The zero-order valence-electron chi connectivity index (χ0n) is 11.1. The van der Waals surface area contributed by atoms with Crippen LogP contribution in [-0.4, -0.2) is 27.8 Å². The molecule has 0 unspecified atom stereocenters. The molecule has 1 aliphatic heterocycles. The minimum absolute atomic E-state index is 0.0860. The van der Waals surface area contributed by atoms with E-state index in [4.69, 9.17) is 5.26 Å². The molecule has 1 aromatic rings. The fourth-order valence-electron chi connectivity index (χ4n) is 2.11. The van der Waals surface area contributed by atoms with E-state index < -0.39 is 11.9 Å². The van der Waals surface area contributed by atoms with Crippen LogP contribution in [-0.2, 0) is 6.18 Å². The van der Waals surface area contributed by atoms with Crippen LogP contribution in [0.2, 0.25) is 0 Å². The van der Waals surface area contributed by atoms with Gasteiger partial charge in [0.2, 0.25) is 0 Å². The number of nitrogens with zero attached hydrogens (tertiary/aromatic N) is 4. The lowest BCUT2D eigenvalue weighted by Gasteiger charge is -2.27. The van der Waals surface area contributed by atoms with Crippen molar-refractivity contribution in [3.8, 4) is 6.07 Å². The molecule has 4 nitrogen and oxygen atoms in total. The number of rotatable bonds is 2. The summed E-state index contributed by atoms with van der Waals surface area (Å²) < 4.78 is 38.8. The van der Waals surface area contributed by atoms with Gasteiger partial charge in [0.05, 0.1) is 6.07 Å². The van der Waals surface area contributed by atoms with E-state index in [-0.39, 0.29) is 5.92 Å². The second kappa shape index (κ2) is 5.57. The zero-order valence-corrected chi connectivity index (χ0v) is 11.1. The van der Waals surface area contributed by atoms with Crippen molar-refractivity contribution in [3.05, 3.63) is 23.7 Å². The third-order valence-electron chi connectivity index (χ3n) is 3.34. The monoisotopic (exact) mass is 284 g/mol. The zero-order chi connectivity index (χ0) is 14.8. The number of nitriles is 1. The lowest BCUT2D eigenvalue weighted by Crippen LogP contribution is -2.29. The Morgan fingerprint density at radius 2 is 2.00 bits per heavy atom. The first-order chi connectivity index (χ1) is 9.40. The molecule has 1 aliphatic rings. The largest absolute Gasteiger partial charge is 0.435 e. The second-order valence-electron chi connectivity index (χ2n) is 4.85. The van der Waals surface area contributed by atoms with Crippen LogP contribution in [0.4, 0.5) is 13.2 Å². The predicted molar refractivity (Wildman–Crippen MR) is 67.2 cm³/mol. The highest BCUT2D eigenvalue weighted by Crippen LogP contribution is 2.28. The van der Waals surface area contributed by atoms with E-state index in [0.29, 0.717) is 5.69 Å². The van der Waals surface area contributed by atoms with Crippen molar-refractivity contribution >= 4 is 6.20 Å². The molecular weight excluding hydrogens is 269 g/mol. The molecule has 0 N–H and O–H groups in total. The van der Waals surface area contributed by atoms with Crippen molar-refractivity contribution in [3.63, 3.8) is 0 Å². The van der Waals surface area contributed by atoms with Crippen LogP contribution in [0.25, 0.3) is 6.20 Å². The summed E-state index contributed by atoms with van der Waals surface area (Å²) in [6.45, 7) is 3.05. The van der Waals surface area contributed by atoms with Gasteiger partial charge in [0.15, 0.2) is 5.69 Å². The third kappa shape index (κ3) is 3.32. The molecule has 0 aliphatic carbocycles. The Morgan fingerprint density at radius 1 is 1.35 bits per heavy atom. The second-order valence-corrected chi connectivity index (χ2v) is 4.85. The smallest absolute Gasteiger partial charge is 0.376 e. The molecule has 0 saturated carbocycles. The third-order valence-corrected chi connectivity index (χ3v) is 3.34. The average Bonchev–Trinajstić information content (AvgIpc) is 2.78.